The first-order chi connectivity index (χ1) is 8.08. The molecule has 1 atom stereocenters. The van der Waals surface area contributed by atoms with Gasteiger partial charge < -0.3 is 10.2 Å². The second-order valence-corrected chi connectivity index (χ2v) is 4.10. The quantitative estimate of drug-likeness (QED) is 0.850. The molecule has 0 aliphatic rings. The molecule has 1 heterocycles. The van der Waals surface area contributed by atoms with Gasteiger partial charge in [0, 0.05) is 26.2 Å². The van der Waals surface area contributed by atoms with Gasteiger partial charge in [-0.2, -0.15) is 0 Å². The molecule has 0 radical (unpaired) electrons. The van der Waals surface area contributed by atoms with Gasteiger partial charge in [-0.05, 0) is 31.5 Å². The summed E-state index contributed by atoms with van der Waals surface area (Å²) in [7, 11) is 2.00. The number of carbonyl (C=O) groups is 1. The summed E-state index contributed by atoms with van der Waals surface area (Å²) in [5.74, 6) is 1.00. The van der Waals surface area contributed by atoms with Gasteiger partial charge in [-0.1, -0.05) is 6.92 Å². The Kier molecular flexibility index (Phi) is 4.94. The SMILES string of the molecule is CCC(=O)N[C@H](C)c1ccnc(N(C)CC)c1. The molecule has 4 heteroatoms. The van der Waals surface area contributed by atoms with E-state index in [1.54, 1.807) is 6.20 Å². The fraction of sp³-hybridized carbons (Fsp3) is 0.538. The molecule has 0 aromatic carbocycles. The molecule has 1 N–H and O–H groups in total. The maximum atomic E-state index is 11.3. The van der Waals surface area contributed by atoms with Crippen molar-refractivity contribution in [2.75, 3.05) is 18.5 Å². The number of nitrogens with one attached hydrogen (secondary N) is 1. The molecule has 0 fully saturated rings. The van der Waals surface area contributed by atoms with E-state index in [0.717, 1.165) is 17.9 Å². The smallest absolute Gasteiger partial charge is 0.220 e. The first-order valence-electron chi connectivity index (χ1n) is 6.04. The highest BCUT2D eigenvalue weighted by molar-refractivity contribution is 5.76. The van der Waals surface area contributed by atoms with Gasteiger partial charge in [0.25, 0.3) is 0 Å². The molecule has 0 saturated heterocycles. The molecule has 1 rings (SSSR count). The van der Waals surface area contributed by atoms with Crippen LogP contribution in [0.15, 0.2) is 18.3 Å². The summed E-state index contributed by atoms with van der Waals surface area (Å²) in [6.45, 7) is 6.83. The van der Waals surface area contributed by atoms with Crippen LogP contribution >= 0.6 is 0 Å². The van der Waals surface area contributed by atoms with Crippen molar-refractivity contribution in [3.05, 3.63) is 23.9 Å². The third-order valence-electron chi connectivity index (χ3n) is 2.83. The number of hydrogen-bond acceptors (Lipinski definition) is 3. The number of rotatable bonds is 5. The first kappa shape index (κ1) is 13.5. The maximum absolute atomic E-state index is 11.3. The predicted octanol–water partition coefficient (Wildman–Crippen LogP) is 2.12. The second-order valence-electron chi connectivity index (χ2n) is 4.10. The van der Waals surface area contributed by atoms with Crippen LogP contribution in [-0.4, -0.2) is 24.5 Å². The zero-order chi connectivity index (χ0) is 12.8. The van der Waals surface area contributed by atoms with Gasteiger partial charge in [0.05, 0.1) is 6.04 Å². The van der Waals surface area contributed by atoms with E-state index in [9.17, 15) is 4.79 Å². The van der Waals surface area contributed by atoms with E-state index in [4.69, 9.17) is 0 Å². The molecule has 0 aliphatic heterocycles. The van der Waals surface area contributed by atoms with Crippen LogP contribution in [0.3, 0.4) is 0 Å². The van der Waals surface area contributed by atoms with Crippen molar-refractivity contribution in [1.29, 1.82) is 0 Å². The summed E-state index contributed by atoms with van der Waals surface area (Å²) in [6, 6.07) is 3.98. The Bertz CT molecular complexity index is 379. The number of carbonyl (C=O) groups excluding carboxylic acids is 1. The Labute approximate surface area is 103 Å². The zero-order valence-corrected chi connectivity index (χ0v) is 11.0. The molecular weight excluding hydrogens is 214 g/mol. The minimum absolute atomic E-state index is 0.0226. The average molecular weight is 235 g/mol. The largest absolute Gasteiger partial charge is 0.360 e. The van der Waals surface area contributed by atoms with Gasteiger partial charge in [-0.15, -0.1) is 0 Å². The highest BCUT2D eigenvalue weighted by Crippen LogP contribution is 2.17. The van der Waals surface area contributed by atoms with Crippen molar-refractivity contribution in [2.24, 2.45) is 0 Å². The molecule has 0 aliphatic carbocycles. The lowest BCUT2D eigenvalue weighted by atomic mass is 10.1. The van der Waals surface area contributed by atoms with Gasteiger partial charge in [-0.25, -0.2) is 4.98 Å². The summed E-state index contributed by atoms with van der Waals surface area (Å²) in [6.07, 6.45) is 2.29. The lowest BCUT2D eigenvalue weighted by molar-refractivity contribution is -0.121. The van der Waals surface area contributed by atoms with E-state index >= 15 is 0 Å². The van der Waals surface area contributed by atoms with Crippen LogP contribution in [0.4, 0.5) is 5.82 Å². The number of nitrogens with zero attached hydrogens (tertiary/aromatic N) is 2. The number of amides is 1. The van der Waals surface area contributed by atoms with E-state index < -0.39 is 0 Å². The van der Waals surface area contributed by atoms with E-state index in [1.807, 2.05) is 33.0 Å². The molecule has 0 spiro atoms. The fourth-order valence-electron chi connectivity index (χ4n) is 1.50. The summed E-state index contributed by atoms with van der Waals surface area (Å²) < 4.78 is 0. The van der Waals surface area contributed by atoms with Crippen molar-refractivity contribution < 1.29 is 4.79 Å². The minimum Gasteiger partial charge on any atom is -0.360 e. The lowest BCUT2D eigenvalue weighted by Crippen LogP contribution is -2.26. The Morgan fingerprint density at radius 3 is 2.82 bits per heavy atom. The van der Waals surface area contributed by atoms with Crippen LogP contribution in [0.25, 0.3) is 0 Å². The van der Waals surface area contributed by atoms with Crippen LogP contribution < -0.4 is 10.2 Å². The average Bonchev–Trinajstić information content (AvgIpc) is 2.37. The van der Waals surface area contributed by atoms with Crippen molar-refractivity contribution >= 4 is 11.7 Å². The van der Waals surface area contributed by atoms with E-state index in [0.29, 0.717) is 6.42 Å². The molecule has 4 nitrogen and oxygen atoms in total. The standard InChI is InChI=1S/C13H21N3O/c1-5-13(17)15-10(3)11-7-8-14-12(9-11)16(4)6-2/h7-10H,5-6H2,1-4H3,(H,15,17)/t10-/m1/s1. The van der Waals surface area contributed by atoms with Crippen molar-refractivity contribution in [2.45, 2.75) is 33.2 Å². The highest BCUT2D eigenvalue weighted by Gasteiger charge is 2.09. The lowest BCUT2D eigenvalue weighted by Gasteiger charge is -2.19. The van der Waals surface area contributed by atoms with Crippen LogP contribution in [0.5, 0.6) is 0 Å². The molecular formula is C13H21N3O. The van der Waals surface area contributed by atoms with E-state index in [1.165, 1.54) is 0 Å². The Morgan fingerprint density at radius 1 is 1.53 bits per heavy atom. The summed E-state index contributed by atoms with van der Waals surface area (Å²) in [5, 5.41) is 2.94. The van der Waals surface area contributed by atoms with Crippen LogP contribution in [0.1, 0.15) is 38.8 Å². The maximum Gasteiger partial charge on any atom is 0.220 e. The van der Waals surface area contributed by atoms with Crippen LogP contribution in [-0.2, 0) is 4.79 Å². The second kappa shape index (κ2) is 6.23. The third-order valence-corrected chi connectivity index (χ3v) is 2.83. The summed E-state index contributed by atoms with van der Waals surface area (Å²) in [4.78, 5) is 17.7. The van der Waals surface area contributed by atoms with E-state index in [2.05, 4.69) is 22.1 Å². The van der Waals surface area contributed by atoms with Crippen molar-refractivity contribution in [3.63, 3.8) is 0 Å². The monoisotopic (exact) mass is 235 g/mol. The molecule has 1 aromatic rings. The molecule has 0 saturated carbocycles. The number of aromatic nitrogens is 1. The van der Waals surface area contributed by atoms with Gasteiger partial charge >= 0.3 is 0 Å². The van der Waals surface area contributed by atoms with Gasteiger partial charge in [0.15, 0.2) is 0 Å². The molecule has 0 bridgehead atoms. The Balaban J connectivity index is 2.80. The van der Waals surface area contributed by atoms with Crippen LogP contribution in [0, 0.1) is 0 Å². The molecule has 1 aromatic heterocycles. The number of pyridine rings is 1. The third kappa shape index (κ3) is 3.73. The van der Waals surface area contributed by atoms with Crippen molar-refractivity contribution in [1.82, 2.24) is 10.3 Å². The normalized spacial score (nSPS) is 12.0. The van der Waals surface area contributed by atoms with Gasteiger partial charge in [0.2, 0.25) is 5.91 Å². The first-order valence-corrected chi connectivity index (χ1v) is 6.04. The van der Waals surface area contributed by atoms with E-state index in [-0.39, 0.29) is 11.9 Å². The Morgan fingerprint density at radius 2 is 2.24 bits per heavy atom. The topological polar surface area (TPSA) is 45.2 Å². The predicted molar refractivity (Wildman–Crippen MR) is 70.0 cm³/mol. The molecule has 94 valence electrons. The molecule has 0 unspecified atom stereocenters. The fourth-order valence-corrected chi connectivity index (χ4v) is 1.50. The Hall–Kier alpha value is -1.58. The molecule has 17 heavy (non-hydrogen) atoms. The summed E-state index contributed by atoms with van der Waals surface area (Å²) in [5.41, 5.74) is 1.08. The van der Waals surface area contributed by atoms with Crippen LogP contribution in [0.2, 0.25) is 0 Å². The number of anilines is 1. The minimum atomic E-state index is 0.0226. The van der Waals surface area contributed by atoms with Gasteiger partial charge in [-0.3, -0.25) is 4.79 Å². The zero-order valence-electron chi connectivity index (χ0n) is 11.0. The number of hydrogen-bond donors (Lipinski definition) is 1. The highest BCUT2D eigenvalue weighted by atomic mass is 16.1. The molecule has 1 amide bonds. The van der Waals surface area contributed by atoms with Gasteiger partial charge in [0.1, 0.15) is 5.82 Å². The van der Waals surface area contributed by atoms with Crippen molar-refractivity contribution in [3.8, 4) is 0 Å². The summed E-state index contributed by atoms with van der Waals surface area (Å²) >= 11 is 0.